The van der Waals surface area contributed by atoms with Crippen LogP contribution >= 0.6 is 0 Å². The molecule has 146 valence electrons. The average Bonchev–Trinajstić information content (AvgIpc) is 2.69. The van der Waals surface area contributed by atoms with Crippen molar-refractivity contribution in [2.45, 2.75) is 13.8 Å². The van der Waals surface area contributed by atoms with Crippen molar-refractivity contribution in [3.8, 4) is 11.5 Å². The molecule has 0 unspecified atom stereocenters. The Morgan fingerprint density at radius 3 is 1.54 bits per heavy atom. The van der Waals surface area contributed by atoms with E-state index in [1.807, 2.05) is 81.6 Å². The van der Waals surface area contributed by atoms with Crippen molar-refractivity contribution in [1.29, 1.82) is 0 Å². The van der Waals surface area contributed by atoms with E-state index in [1.54, 1.807) is 0 Å². The number of benzene rings is 2. The molecule has 0 bridgehead atoms. The number of carbonyl (C=O) groups excluding carboxylic acids is 1. The van der Waals surface area contributed by atoms with Crippen LogP contribution in [0.4, 0.5) is 0 Å². The summed E-state index contributed by atoms with van der Waals surface area (Å²) in [6.07, 6.45) is 3.94. The van der Waals surface area contributed by atoms with Gasteiger partial charge in [-0.15, -0.1) is 0 Å². The lowest BCUT2D eigenvalue weighted by Gasteiger charge is -2.26. The molecular weight excluding hydrogens is 350 g/mol. The normalized spacial score (nSPS) is 17.9. The third kappa shape index (κ3) is 5.11. The molecule has 1 saturated heterocycles. The zero-order valence-corrected chi connectivity index (χ0v) is 16.8. The first-order valence-electron chi connectivity index (χ1n) is 9.69. The minimum absolute atomic E-state index is 0.112. The van der Waals surface area contributed by atoms with Gasteiger partial charge in [-0.1, -0.05) is 24.3 Å². The topological polar surface area (TPSA) is 38.8 Å². The largest absolute Gasteiger partial charge is 0.494 e. The van der Waals surface area contributed by atoms with Crippen molar-refractivity contribution in [2.24, 2.45) is 0 Å². The third-order valence-electron chi connectivity index (χ3n) is 4.53. The molecular formula is C24H27NO3. The fraction of sp³-hybridized carbons (Fsp3) is 0.292. The summed E-state index contributed by atoms with van der Waals surface area (Å²) in [5.41, 5.74) is 3.61. The van der Waals surface area contributed by atoms with Crippen LogP contribution in [-0.4, -0.2) is 44.0 Å². The highest BCUT2D eigenvalue weighted by Crippen LogP contribution is 2.23. The predicted octanol–water partition coefficient (Wildman–Crippen LogP) is 4.47. The number of hydrogen-bond acceptors (Lipinski definition) is 4. The molecule has 2 aromatic carbocycles. The molecule has 4 heteroatoms. The predicted molar refractivity (Wildman–Crippen MR) is 114 cm³/mol. The highest BCUT2D eigenvalue weighted by Gasteiger charge is 2.23. The van der Waals surface area contributed by atoms with Gasteiger partial charge in [0.05, 0.1) is 13.2 Å². The van der Waals surface area contributed by atoms with Crippen molar-refractivity contribution in [1.82, 2.24) is 4.90 Å². The summed E-state index contributed by atoms with van der Waals surface area (Å²) in [5, 5.41) is 0. The molecule has 1 heterocycles. The Morgan fingerprint density at radius 2 is 1.18 bits per heavy atom. The number of piperidine rings is 1. The van der Waals surface area contributed by atoms with Crippen LogP contribution < -0.4 is 9.47 Å². The van der Waals surface area contributed by atoms with E-state index in [0.717, 1.165) is 33.8 Å². The molecule has 0 amide bonds. The molecule has 4 nitrogen and oxygen atoms in total. The zero-order chi connectivity index (χ0) is 19.9. The third-order valence-corrected chi connectivity index (χ3v) is 4.53. The molecule has 2 aromatic rings. The molecule has 0 radical (unpaired) electrons. The standard InChI is InChI=1S/C24H27NO3/c1-4-27-22-10-6-18(7-11-22)14-20-16-25(3)17-21(24(20)26)15-19-8-12-23(13-9-19)28-5-2/h6-15H,4-5,16-17H2,1-3H3. The highest BCUT2D eigenvalue weighted by molar-refractivity contribution is 6.14. The number of rotatable bonds is 6. The fourth-order valence-corrected chi connectivity index (χ4v) is 3.27. The van der Waals surface area contributed by atoms with E-state index in [-0.39, 0.29) is 5.78 Å². The lowest BCUT2D eigenvalue weighted by molar-refractivity contribution is -0.113. The summed E-state index contributed by atoms with van der Waals surface area (Å²) in [4.78, 5) is 15.2. The molecule has 1 fully saturated rings. The smallest absolute Gasteiger partial charge is 0.187 e. The zero-order valence-electron chi connectivity index (χ0n) is 16.8. The Balaban J connectivity index is 1.81. The monoisotopic (exact) mass is 377 g/mol. The second-order valence-electron chi connectivity index (χ2n) is 6.84. The molecule has 0 N–H and O–H groups in total. The lowest BCUT2D eigenvalue weighted by atomic mass is 9.94. The second-order valence-corrected chi connectivity index (χ2v) is 6.84. The fourth-order valence-electron chi connectivity index (χ4n) is 3.27. The summed E-state index contributed by atoms with van der Waals surface area (Å²) in [6.45, 7) is 6.50. The van der Waals surface area contributed by atoms with Gasteiger partial charge in [0.2, 0.25) is 0 Å². The molecule has 0 spiro atoms. The molecule has 0 saturated carbocycles. The first kappa shape index (κ1) is 19.9. The highest BCUT2D eigenvalue weighted by atomic mass is 16.5. The van der Waals surface area contributed by atoms with Gasteiger partial charge in [0, 0.05) is 24.2 Å². The minimum Gasteiger partial charge on any atom is -0.494 e. The van der Waals surface area contributed by atoms with Crippen molar-refractivity contribution in [3.63, 3.8) is 0 Å². The SMILES string of the molecule is CCOc1ccc(C=C2CN(C)CC(=Cc3ccc(OCC)cc3)C2=O)cc1. The number of Topliss-reactive ketones (excluding diaryl/α,β-unsaturated/α-hetero) is 1. The number of ketones is 1. The van der Waals surface area contributed by atoms with Crippen LogP contribution in [0.2, 0.25) is 0 Å². The molecule has 0 atom stereocenters. The van der Waals surface area contributed by atoms with Gasteiger partial charge in [-0.3, -0.25) is 9.69 Å². The van der Waals surface area contributed by atoms with Crippen LogP contribution in [-0.2, 0) is 4.79 Å². The lowest BCUT2D eigenvalue weighted by Crippen LogP contribution is -2.34. The number of nitrogens with zero attached hydrogens (tertiary/aromatic N) is 1. The summed E-state index contributed by atoms with van der Waals surface area (Å²) in [6, 6.07) is 15.7. The molecule has 1 aliphatic rings. The van der Waals surface area contributed by atoms with Gasteiger partial charge in [0.25, 0.3) is 0 Å². The van der Waals surface area contributed by atoms with Crippen molar-refractivity contribution >= 4 is 17.9 Å². The quantitative estimate of drug-likeness (QED) is 0.697. The summed E-state index contributed by atoms with van der Waals surface area (Å²) in [5.74, 6) is 1.79. The molecule has 28 heavy (non-hydrogen) atoms. The van der Waals surface area contributed by atoms with E-state index in [4.69, 9.17) is 9.47 Å². The number of ether oxygens (including phenoxy) is 2. The first-order valence-corrected chi connectivity index (χ1v) is 9.69. The Labute approximate surface area is 167 Å². The van der Waals surface area contributed by atoms with E-state index in [2.05, 4.69) is 4.90 Å². The first-order chi connectivity index (χ1) is 13.6. The minimum atomic E-state index is 0.112. The Kier molecular flexibility index (Phi) is 6.66. The van der Waals surface area contributed by atoms with Crippen LogP contribution in [0.1, 0.15) is 25.0 Å². The molecule has 3 rings (SSSR count). The van der Waals surface area contributed by atoms with Gasteiger partial charge in [0.15, 0.2) is 5.78 Å². The van der Waals surface area contributed by atoms with E-state index >= 15 is 0 Å². The molecule has 1 aliphatic heterocycles. The van der Waals surface area contributed by atoms with E-state index < -0.39 is 0 Å². The van der Waals surface area contributed by atoms with E-state index in [9.17, 15) is 4.79 Å². The van der Waals surface area contributed by atoms with Crippen LogP contribution in [0.25, 0.3) is 12.2 Å². The summed E-state index contributed by atoms with van der Waals surface area (Å²) >= 11 is 0. The van der Waals surface area contributed by atoms with E-state index in [0.29, 0.717) is 26.3 Å². The van der Waals surface area contributed by atoms with Crippen molar-refractivity contribution in [3.05, 3.63) is 70.8 Å². The maximum Gasteiger partial charge on any atom is 0.187 e. The molecule has 0 aromatic heterocycles. The van der Waals surface area contributed by atoms with Gasteiger partial charge in [-0.2, -0.15) is 0 Å². The Morgan fingerprint density at radius 1 is 0.786 bits per heavy atom. The average molecular weight is 377 g/mol. The van der Waals surface area contributed by atoms with Gasteiger partial charge in [0.1, 0.15) is 11.5 Å². The van der Waals surface area contributed by atoms with E-state index in [1.165, 1.54) is 0 Å². The van der Waals surface area contributed by atoms with Gasteiger partial charge in [-0.25, -0.2) is 0 Å². The summed E-state index contributed by atoms with van der Waals surface area (Å²) < 4.78 is 11.0. The Hall–Kier alpha value is -2.85. The van der Waals surface area contributed by atoms with Crippen LogP contribution in [0.15, 0.2) is 59.7 Å². The second kappa shape index (κ2) is 9.38. The van der Waals surface area contributed by atoms with Crippen LogP contribution in [0, 0.1) is 0 Å². The van der Waals surface area contributed by atoms with Crippen LogP contribution in [0.3, 0.4) is 0 Å². The van der Waals surface area contributed by atoms with Crippen molar-refractivity contribution in [2.75, 3.05) is 33.4 Å². The van der Waals surface area contributed by atoms with Gasteiger partial charge >= 0.3 is 0 Å². The number of likely N-dealkylation sites (tertiary alicyclic amines) is 1. The summed E-state index contributed by atoms with van der Waals surface area (Å²) in [7, 11) is 2.03. The number of carbonyl (C=O) groups is 1. The van der Waals surface area contributed by atoms with Gasteiger partial charge in [-0.05, 0) is 68.4 Å². The maximum atomic E-state index is 13.0. The Bertz CT molecular complexity index is 792. The number of hydrogen-bond donors (Lipinski definition) is 0. The molecule has 0 aliphatic carbocycles. The number of likely N-dealkylation sites (N-methyl/N-ethyl adjacent to an activating group) is 1. The van der Waals surface area contributed by atoms with Gasteiger partial charge < -0.3 is 9.47 Å². The van der Waals surface area contributed by atoms with Crippen molar-refractivity contribution < 1.29 is 14.3 Å². The van der Waals surface area contributed by atoms with Crippen LogP contribution in [0.5, 0.6) is 11.5 Å². The maximum absolute atomic E-state index is 13.0.